The second-order valence-corrected chi connectivity index (χ2v) is 6.01. The molecule has 1 aromatic carbocycles. The molecule has 0 aliphatic rings. The number of rotatable bonds is 4. The summed E-state index contributed by atoms with van der Waals surface area (Å²) in [7, 11) is 0. The van der Waals surface area contributed by atoms with Gasteiger partial charge >= 0.3 is 0 Å². The molecule has 1 heterocycles. The third kappa shape index (κ3) is 3.58. The Bertz CT molecular complexity index is 599. The summed E-state index contributed by atoms with van der Waals surface area (Å²) in [5.74, 6) is 0.751. The highest BCUT2D eigenvalue weighted by molar-refractivity contribution is 9.10. The minimum atomic E-state index is -0.212. The predicted octanol–water partition coefficient (Wildman–Crippen LogP) is 3.99. The molecule has 0 fully saturated rings. The molecular weight excluding hydrogens is 316 g/mol. The summed E-state index contributed by atoms with van der Waals surface area (Å²) in [5.41, 5.74) is 9.57. The van der Waals surface area contributed by atoms with Crippen LogP contribution in [0, 0.1) is 6.92 Å². The lowest BCUT2D eigenvalue weighted by atomic mass is 9.97. The molecule has 0 aliphatic heterocycles. The fourth-order valence-electron chi connectivity index (χ4n) is 2.07. The third-order valence-electron chi connectivity index (χ3n) is 3.04. The molecule has 2 rings (SSSR count). The van der Waals surface area contributed by atoms with Gasteiger partial charge in [-0.2, -0.15) is 0 Å². The summed E-state index contributed by atoms with van der Waals surface area (Å²) in [6, 6.07) is 7.87. The molecule has 3 nitrogen and oxygen atoms in total. The Hall–Kier alpha value is -1.39. The van der Waals surface area contributed by atoms with E-state index in [0.717, 1.165) is 26.9 Å². The first kappa shape index (κ1) is 15.0. The molecule has 2 N–H and O–H groups in total. The van der Waals surface area contributed by atoms with Crippen molar-refractivity contribution < 1.29 is 4.74 Å². The molecule has 0 bridgehead atoms. The normalized spacial score (nSPS) is 12.5. The van der Waals surface area contributed by atoms with Crippen molar-refractivity contribution in [1.82, 2.24) is 4.98 Å². The number of nitrogens with zero attached hydrogens (tertiary/aromatic N) is 1. The van der Waals surface area contributed by atoms with Crippen LogP contribution in [-0.4, -0.2) is 11.1 Å². The van der Waals surface area contributed by atoms with Crippen LogP contribution in [0.15, 0.2) is 41.1 Å². The molecule has 0 saturated heterocycles. The van der Waals surface area contributed by atoms with Crippen molar-refractivity contribution in [2.75, 3.05) is 0 Å². The second-order valence-electron chi connectivity index (χ2n) is 5.10. The summed E-state index contributed by atoms with van der Waals surface area (Å²) in [4.78, 5) is 4.22. The summed E-state index contributed by atoms with van der Waals surface area (Å²) in [5, 5.41) is 0. The van der Waals surface area contributed by atoms with Crippen LogP contribution in [-0.2, 0) is 0 Å². The van der Waals surface area contributed by atoms with E-state index in [4.69, 9.17) is 10.5 Å². The van der Waals surface area contributed by atoms with Crippen molar-refractivity contribution in [3.63, 3.8) is 0 Å². The fourth-order valence-corrected chi connectivity index (χ4v) is 2.45. The first-order valence-electron chi connectivity index (χ1n) is 6.60. The van der Waals surface area contributed by atoms with E-state index < -0.39 is 0 Å². The zero-order valence-corrected chi connectivity index (χ0v) is 13.5. The highest BCUT2D eigenvalue weighted by atomic mass is 79.9. The van der Waals surface area contributed by atoms with E-state index >= 15 is 0 Å². The molecule has 1 unspecified atom stereocenters. The molecule has 1 aromatic heterocycles. The Morgan fingerprint density at radius 2 is 1.95 bits per heavy atom. The first-order chi connectivity index (χ1) is 9.47. The number of aromatic nitrogens is 1. The number of benzene rings is 1. The second kappa shape index (κ2) is 6.37. The summed E-state index contributed by atoms with van der Waals surface area (Å²) in [6.07, 6.45) is 3.62. The Balaban J connectivity index is 2.33. The van der Waals surface area contributed by atoms with Gasteiger partial charge in [-0.1, -0.05) is 22.0 Å². The Labute approximate surface area is 128 Å². The van der Waals surface area contributed by atoms with Crippen molar-refractivity contribution in [3.05, 3.63) is 57.8 Å². The van der Waals surface area contributed by atoms with Gasteiger partial charge in [0.25, 0.3) is 0 Å². The minimum Gasteiger partial charge on any atom is -0.489 e. The van der Waals surface area contributed by atoms with Gasteiger partial charge in [0.2, 0.25) is 0 Å². The van der Waals surface area contributed by atoms with E-state index in [9.17, 15) is 0 Å². The van der Waals surface area contributed by atoms with Gasteiger partial charge in [0.15, 0.2) is 0 Å². The van der Waals surface area contributed by atoms with E-state index in [0.29, 0.717) is 0 Å². The van der Waals surface area contributed by atoms with Gasteiger partial charge in [0.05, 0.1) is 18.3 Å². The average molecular weight is 335 g/mol. The quantitative estimate of drug-likeness (QED) is 0.919. The average Bonchev–Trinajstić information content (AvgIpc) is 2.40. The SMILES string of the molecule is Cc1ccc(Br)cc1C(N)c1cncc(OC(C)C)c1. The van der Waals surface area contributed by atoms with Crippen molar-refractivity contribution in [2.45, 2.75) is 32.9 Å². The van der Waals surface area contributed by atoms with Crippen LogP contribution < -0.4 is 10.5 Å². The van der Waals surface area contributed by atoms with E-state index in [2.05, 4.69) is 40.0 Å². The molecule has 0 spiro atoms. The van der Waals surface area contributed by atoms with Gasteiger partial charge in [-0.3, -0.25) is 4.98 Å². The molecule has 1 atom stereocenters. The lowest BCUT2D eigenvalue weighted by Crippen LogP contribution is -2.14. The Kier molecular flexibility index (Phi) is 4.78. The van der Waals surface area contributed by atoms with Crippen LogP contribution in [0.2, 0.25) is 0 Å². The van der Waals surface area contributed by atoms with Crippen molar-refractivity contribution in [2.24, 2.45) is 5.73 Å². The van der Waals surface area contributed by atoms with Gasteiger partial charge in [-0.05, 0) is 55.7 Å². The van der Waals surface area contributed by atoms with Crippen LogP contribution in [0.1, 0.15) is 36.6 Å². The highest BCUT2D eigenvalue weighted by Crippen LogP contribution is 2.27. The maximum atomic E-state index is 6.37. The summed E-state index contributed by atoms with van der Waals surface area (Å²) in [6.45, 7) is 6.04. The number of nitrogens with two attached hydrogens (primary N) is 1. The van der Waals surface area contributed by atoms with Crippen LogP contribution in [0.3, 0.4) is 0 Å². The van der Waals surface area contributed by atoms with Crippen LogP contribution in [0.4, 0.5) is 0 Å². The molecule has 0 saturated carbocycles. The van der Waals surface area contributed by atoms with Crippen molar-refractivity contribution in [1.29, 1.82) is 0 Å². The van der Waals surface area contributed by atoms with Crippen molar-refractivity contribution >= 4 is 15.9 Å². The molecule has 0 amide bonds. The topological polar surface area (TPSA) is 48.1 Å². The molecule has 4 heteroatoms. The highest BCUT2D eigenvalue weighted by Gasteiger charge is 2.13. The van der Waals surface area contributed by atoms with E-state index in [1.807, 2.05) is 26.0 Å². The lowest BCUT2D eigenvalue weighted by molar-refractivity contribution is 0.241. The van der Waals surface area contributed by atoms with Crippen LogP contribution in [0.5, 0.6) is 5.75 Å². The van der Waals surface area contributed by atoms with E-state index in [1.165, 1.54) is 0 Å². The summed E-state index contributed by atoms with van der Waals surface area (Å²) >= 11 is 3.49. The first-order valence-corrected chi connectivity index (χ1v) is 7.40. The standard InChI is InChI=1S/C16H19BrN2O/c1-10(2)20-14-6-12(8-19-9-14)16(18)15-7-13(17)5-4-11(15)3/h4-10,16H,18H2,1-3H3. The molecule has 2 aromatic rings. The van der Waals surface area contributed by atoms with E-state index in [-0.39, 0.29) is 12.1 Å². The number of hydrogen-bond acceptors (Lipinski definition) is 3. The monoisotopic (exact) mass is 334 g/mol. The number of ether oxygens (including phenoxy) is 1. The lowest BCUT2D eigenvalue weighted by Gasteiger charge is -2.17. The molecular formula is C16H19BrN2O. The van der Waals surface area contributed by atoms with Gasteiger partial charge in [0, 0.05) is 10.7 Å². The van der Waals surface area contributed by atoms with Crippen LogP contribution >= 0.6 is 15.9 Å². The summed E-state index contributed by atoms with van der Waals surface area (Å²) < 4.78 is 6.69. The largest absolute Gasteiger partial charge is 0.489 e. The maximum Gasteiger partial charge on any atom is 0.138 e. The molecule has 0 radical (unpaired) electrons. The Morgan fingerprint density at radius 1 is 1.20 bits per heavy atom. The predicted molar refractivity (Wildman–Crippen MR) is 84.9 cm³/mol. The van der Waals surface area contributed by atoms with E-state index in [1.54, 1.807) is 12.4 Å². The zero-order valence-electron chi connectivity index (χ0n) is 11.9. The van der Waals surface area contributed by atoms with Gasteiger partial charge in [-0.15, -0.1) is 0 Å². The molecule has 0 aliphatic carbocycles. The number of hydrogen-bond donors (Lipinski definition) is 1. The minimum absolute atomic E-state index is 0.121. The molecule has 106 valence electrons. The smallest absolute Gasteiger partial charge is 0.138 e. The third-order valence-corrected chi connectivity index (χ3v) is 3.53. The fraction of sp³-hybridized carbons (Fsp3) is 0.312. The van der Waals surface area contributed by atoms with Crippen LogP contribution in [0.25, 0.3) is 0 Å². The zero-order chi connectivity index (χ0) is 14.7. The van der Waals surface area contributed by atoms with Crippen molar-refractivity contribution in [3.8, 4) is 5.75 Å². The number of halogens is 1. The van der Waals surface area contributed by atoms with Gasteiger partial charge in [-0.25, -0.2) is 0 Å². The number of aryl methyl sites for hydroxylation is 1. The number of pyridine rings is 1. The Morgan fingerprint density at radius 3 is 2.65 bits per heavy atom. The molecule has 20 heavy (non-hydrogen) atoms. The van der Waals surface area contributed by atoms with Gasteiger partial charge in [0.1, 0.15) is 5.75 Å². The van der Waals surface area contributed by atoms with Gasteiger partial charge < -0.3 is 10.5 Å². The maximum absolute atomic E-state index is 6.37.